The minimum atomic E-state index is -0.883. The summed E-state index contributed by atoms with van der Waals surface area (Å²) in [6.45, 7) is 4.82. The number of ether oxygens (including phenoxy) is 1. The lowest BCUT2D eigenvalue weighted by Crippen LogP contribution is -2.45. The largest absolute Gasteiger partial charge is 0.466 e. The molecule has 0 aromatic heterocycles. The van der Waals surface area contributed by atoms with Crippen molar-refractivity contribution in [1.29, 1.82) is 0 Å². The van der Waals surface area contributed by atoms with Crippen LogP contribution in [0.2, 0.25) is 0 Å². The molecule has 3 N–H and O–H groups in total. The van der Waals surface area contributed by atoms with Crippen molar-refractivity contribution >= 4 is 11.9 Å². The molecule has 72 heavy (non-hydrogen) atoms. The number of amides is 1. The molecule has 0 spiro atoms. The highest BCUT2D eigenvalue weighted by atomic mass is 16.5. The van der Waals surface area contributed by atoms with Gasteiger partial charge in [-0.1, -0.05) is 286 Å². The third kappa shape index (κ3) is 56.8. The van der Waals surface area contributed by atoms with Crippen LogP contribution in [-0.2, 0) is 14.3 Å². The van der Waals surface area contributed by atoms with Crippen molar-refractivity contribution in [3.8, 4) is 0 Å². The lowest BCUT2D eigenvalue weighted by atomic mass is 10.0. The van der Waals surface area contributed by atoms with Crippen molar-refractivity contribution in [2.75, 3.05) is 13.2 Å². The van der Waals surface area contributed by atoms with E-state index in [-0.39, 0.29) is 18.5 Å². The van der Waals surface area contributed by atoms with E-state index in [2.05, 4.69) is 61.7 Å². The molecule has 6 heteroatoms. The van der Waals surface area contributed by atoms with Crippen molar-refractivity contribution < 1.29 is 24.5 Å². The van der Waals surface area contributed by atoms with E-state index in [0.29, 0.717) is 25.9 Å². The zero-order valence-corrected chi connectivity index (χ0v) is 47.9. The van der Waals surface area contributed by atoms with E-state index in [1.807, 2.05) is 12.2 Å². The molecule has 1 amide bonds. The molecule has 0 fully saturated rings. The summed E-state index contributed by atoms with van der Waals surface area (Å²) in [4.78, 5) is 24.5. The number of carbonyl (C=O) groups excluding carboxylic acids is 2. The van der Waals surface area contributed by atoms with Gasteiger partial charge in [-0.05, 0) is 83.5 Å². The van der Waals surface area contributed by atoms with E-state index in [1.165, 1.54) is 231 Å². The van der Waals surface area contributed by atoms with Crippen LogP contribution in [-0.4, -0.2) is 47.4 Å². The summed E-state index contributed by atoms with van der Waals surface area (Å²) in [5, 5.41) is 23.1. The maximum absolute atomic E-state index is 12.5. The number of allylic oxidation sites excluding steroid dienone is 9. The number of hydrogen-bond acceptors (Lipinski definition) is 5. The van der Waals surface area contributed by atoms with Gasteiger partial charge in [0.2, 0.25) is 5.91 Å². The summed E-state index contributed by atoms with van der Waals surface area (Å²) in [6, 6.07) is -0.675. The second-order valence-electron chi connectivity index (χ2n) is 21.4. The number of aliphatic hydroxyl groups is 2. The number of esters is 1. The molecule has 0 radical (unpaired) electrons. The van der Waals surface area contributed by atoms with E-state index in [1.54, 1.807) is 6.08 Å². The van der Waals surface area contributed by atoms with Crippen molar-refractivity contribution in [2.45, 2.75) is 334 Å². The van der Waals surface area contributed by atoms with E-state index in [0.717, 1.165) is 57.8 Å². The summed E-state index contributed by atoms with van der Waals surface area (Å²) in [5.74, 6) is -0.173. The molecule has 420 valence electrons. The Balaban J connectivity index is 3.56. The Morgan fingerprint density at radius 1 is 0.389 bits per heavy atom. The van der Waals surface area contributed by atoms with Crippen LogP contribution in [0, 0.1) is 0 Å². The number of rotatable bonds is 58. The summed E-state index contributed by atoms with van der Waals surface area (Å²) in [6.07, 6.45) is 79.9. The molecule has 0 saturated heterocycles. The highest BCUT2D eigenvalue weighted by Crippen LogP contribution is 2.17. The maximum atomic E-state index is 12.5. The van der Waals surface area contributed by atoms with Crippen LogP contribution in [0.1, 0.15) is 322 Å². The fourth-order valence-corrected chi connectivity index (χ4v) is 9.42. The Hall–Kier alpha value is -2.44. The van der Waals surface area contributed by atoms with E-state index >= 15 is 0 Å². The highest BCUT2D eigenvalue weighted by Gasteiger charge is 2.17. The summed E-state index contributed by atoms with van der Waals surface area (Å²) < 4.78 is 5.47. The van der Waals surface area contributed by atoms with Crippen LogP contribution in [0.5, 0.6) is 0 Å². The van der Waals surface area contributed by atoms with Crippen LogP contribution >= 0.6 is 0 Å². The Labute approximate surface area is 448 Å². The molecule has 0 aromatic carbocycles. The normalized spacial score (nSPS) is 13.0. The fraction of sp³-hybridized carbons (Fsp3) is 0.818. The van der Waals surface area contributed by atoms with Crippen molar-refractivity contribution in [2.24, 2.45) is 0 Å². The molecule has 0 aliphatic rings. The molecular weight excluding hydrogens is 887 g/mol. The monoisotopic (exact) mass is 1010 g/mol. The van der Waals surface area contributed by atoms with Gasteiger partial charge >= 0.3 is 5.97 Å². The number of hydrogen-bond donors (Lipinski definition) is 3. The Morgan fingerprint density at radius 2 is 0.708 bits per heavy atom. The minimum Gasteiger partial charge on any atom is -0.466 e. The molecular formula is C66H121NO5. The van der Waals surface area contributed by atoms with Crippen LogP contribution in [0.25, 0.3) is 0 Å². The first-order valence-electron chi connectivity index (χ1n) is 31.6. The van der Waals surface area contributed by atoms with Crippen LogP contribution < -0.4 is 5.32 Å². The molecule has 0 rings (SSSR count). The molecule has 0 aromatic rings. The quantitative estimate of drug-likeness (QED) is 0.0320. The van der Waals surface area contributed by atoms with Gasteiger partial charge in [-0.3, -0.25) is 9.59 Å². The van der Waals surface area contributed by atoms with Crippen LogP contribution in [0.4, 0.5) is 0 Å². The van der Waals surface area contributed by atoms with Crippen LogP contribution in [0.3, 0.4) is 0 Å². The van der Waals surface area contributed by atoms with Gasteiger partial charge < -0.3 is 20.3 Å². The molecule has 0 heterocycles. The van der Waals surface area contributed by atoms with E-state index in [4.69, 9.17) is 4.74 Å². The average Bonchev–Trinajstić information content (AvgIpc) is 3.38. The standard InChI is InChI=1S/C66H121NO5/c1-3-5-7-9-11-13-15-17-19-21-22-23-24-25-26-27-28-30-31-34-38-42-46-50-54-58-64(69)63(62-68)67-65(70)59-55-51-47-43-39-35-33-37-41-45-49-53-57-61-72-66(71)60-56-52-48-44-40-36-32-29-20-18-16-14-12-10-8-6-4-2/h12,14,18,20,35,39,47,51,54,58,63-64,68-69H,3-11,13,15-17,19,21-34,36-38,40-46,48-50,52-53,55-57,59-62H2,1-2H3,(H,67,70)/b14-12-,20-18-,39-35-,51-47-,58-54+. The second kappa shape index (κ2) is 61.1. The third-order valence-corrected chi connectivity index (χ3v) is 14.3. The highest BCUT2D eigenvalue weighted by molar-refractivity contribution is 5.76. The first-order chi connectivity index (χ1) is 35.5. The third-order valence-electron chi connectivity index (χ3n) is 14.3. The Bertz CT molecular complexity index is 1250. The smallest absolute Gasteiger partial charge is 0.305 e. The molecule has 2 unspecified atom stereocenters. The Morgan fingerprint density at radius 3 is 1.11 bits per heavy atom. The van der Waals surface area contributed by atoms with Gasteiger partial charge in [0, 0.05) is 12.8 Å². The first-order valence-corrected chi connectivity index (χ1v) is 31.6. The minimum absolute atomic E-state index is 0.0262. The van der Waals surface area contributed by atoms with Gasteiger partial charge in [0.25, 0.3) is 0 Å². The van der Waals surface area contributed by atoms with Gasteiger partial charge in [-0.25, -0.2) is 0 Å². The van der Waals surface area contributed by atoms with E-state index < -0.39 is 12.1 Å². The van der Waals surface area contributed by atoms with Gasteiger partial charge in [0.1, 0.15) is 0 Å². The lowest BCUT2D eigenvalue weighted by molar-refractivity contribution is -0.143. The van der Waals surface area contributed by atoms with Crippen LogP contribution in [0.15, 0.2) is 60.8 Å². The maximum Gasteiger partial charge on any atom is 0.305 e. The molecule has 6 nitrogen and oxygen atoms in total. The van der Waals surface area contributed by atoms with Gasteiger partial charge in [0.05, 0.1) is 25.4 Å². The Kier molecular flexibility index (Phi) is 59.0. The lowest BCUT2D eigenvalue weighted by Gasteiger charge is -2.19. The fourth-order valence-electron chi connectivity index (χ4n) is 9.42. The predicted octanol–water partition coefficient (Wildman–Crippen LogP) is 19.9. The summed E-state index contributed by atoms with van der Waals surface area (Å²) in [5.41, 5.74) is 0. The molecule has 0 saturated carbocycles. The number of carbonyl (C=O) groups is 2. The molecule has 0 aliphatic carbocycles. The van der Waals surface area contributed by atoms with Crippen molar-refractivity contribution in [1.82, 2.24) is 5.32 Å². The van der Waals surface area contributed by atoms with Gasteiger partial charge in [-0.2, -0.15) is 0 Å². The molecule has 2 atom stereocenters. The second-order valence-corrected chi connectivity index (χ2v) is 21.4. The zero-order chi connectivity index (χ0) is 52.2. The topological polar surface area (TPSA) is 95.9 Å². The van der Waals surface area contributed by atoms with Crippen molar-refractivity contribution in [3.63, 3.8) is 0 Å². The average molecular weight is 1010 g/mol. The molecule has 0 bridgehead atoms. The summed E-state index contributed by atoms with van der Waals surface area (Å²) in [7, 11) is 0. The van der Waals surface area contributed by atoms with Crippen molar-refractivity contribution in [3.05, 3.63) is 60.8 Å². The molecule has 0 aliphatic heterocycles. The number of nitrogens with one attached hydrogen (secondary N) is 1. The SMILES string of the molecule is CCCCC/C=C\C/C=C\CCCCCCCCCC(=O)OCCCCCCCC/C=C\C/C=C\CCC(=O)NC(CO)C(O)/C=C/CCCCCCCCCCCCCCCCCCCCCCCCC. The number of unbranched alkanes of at least 4 members (excludes halogenated alkanes) is 39. The summed E-state index contributed by atoms with van der Waals surface area (Å²) >= 11 is 0. The van der Waals surface area contributed by atoms with Gasteiger partial charge in [0.15, 0.2) is 0 Å². The van der Waals surface area contributed by atoms with Gasteiger partial charge in [-0.15, -0.1) is 0 Å². The van der Waals surface area contributed by atoms with E-state index in [9.17, 15) is 19.8 Å². The number of aliphatic hydroxyl groups excluding tert-OH is 2. The zero-order valence-electron chi connectivity index (χ0n) is 47.9. The predicted molar refractivity (Wildman–Crippen MR) is 315 cm³/mol. The first kappa shape index (κ1) is 69.6.